The minimum absolute atomic E-state index is 0.284. The normalized spacial score (nSPS) is 17.7. The molecule has 0 spiro atoms. The van der Waals surface area contributed by atoms with Crippen LogP contribution in [0.5, 0.6) is 0 Å². The summed E-state index contributed by atoms with van der Waals surface area (Å²) in [4.78, 5) is 6.39. The lowest BCUT2D eigenvalue weighted by Crippen LogP contribution is -2.44. The number of halogens is 1. The van der Waals surface area contributed by atoms with Gasteiger partial charge in [-0.2, -0.15) is 0 Å². The Morgan fingerprint density at radius 3 is 2.62 bits per heavy atom. The zero-order valence-corrected chi connectivity index (χ0v) is 15.3. The molecule has 136 valence electrons. The van der Waals surface area contributed by atoms with Crippen molar-refractivity contribution in [2.24, 2.45) is 5.73 Å². The van der Waals surface area contributed by atoms with Crippen LogP contribution in [0.4, 0.5) is 0 Å². The summed E-state index contributed by atoms with van der Waals surface area (Å²) in [6.07, 6.45) is 7.50. The number of aliphatic hydroxyl groups is 1. The maximum absolute atomic E-state index is 9.96. The maximum Gasteiger partial charge on any atom is 0.119 e. The van der Waals surface area contributed by atoms with Crippen LogP contribution in [-0.2, 0) is 0 Å². The van der Waals surface area contributed by atoms with E-state index < -0.39 is 6.23 Å². The molecule has 3 N–H and O–H groups in total. The summed E-state index contributed by atoms with van der Waals surface area (Å²) in [7, 11) is 0. The SMILES string of the molecule is NCC(O)N1CCC(c2cn(-c3ccc(Cl)cc3)c3cnccc23)CC1. The third-order valence-corrected chi connectivity index (χ3v) is 5.60. The van der Waals surface area contributed by atoms with Crippen LogP contribution in [0, 0.1) is 0 Å². The molecule has 1 aromatic carbocycles. The molecule has 0 bridgehead atoms. The van der Waals surface area contributed by atoms with Crippen LogP contribution in [0.2, 0.25) is 5.02 Å². The average molecular weight is 371 g/mol. The number of likely N-dealkylation sites (tertiary alicyclic amines) is 1. The Balaban J connectivity index is 1.67. The van der Waals surface area contributed by atoms with Crippen LogP contribution in [0.25, 0.3) is 16.6 Å². The van der Waals surface area contributed by atoms with Gasteiger partial charge in [0.2, 0.25) is 0 Å². The number of fused-ring (bicyclic) bond motifs is 1. The molecule has 1 aliphatic heterocycles. The Labute approximate surface area is 158 Å². The topological polar surface area (TPSA) is 67.3 Å². The number of hydrogen-bond acceptors (Lipinski definition) is 4. The second-order valence-electron chi connectivity index (χ2n) is 6.85. The fourth-order valence-electron chi connectivity index (χ4n) is 3.90. The van der Waals surface area contributed by atoms with E-state index in [1.807, 2.05) is 36.7 Å². The zero-order valence-electron chi connectivity index (χ0n) is 14.6. The molecule has 1 saturated heterocycles. The van der Waals surface area contributed by atoms with Crippen molar-refractivity contribution in [3.05, 3.63) is 59.5 Å². The van der Waals surface area contributed by atoms with E-state index in [4.69, 9.17) is 17.3 Å². The van der Waals surface area contributed by atoms with Crippen LogP contribution < -0.4 is 5.73 Å². The van der Waals surface area contributed by atoms with Gasteiger partial charge in [0.1, 0.15) is 6.23 Å². The van der Waals surface area contributed by atoms with E-state index in [0.29, 0.717) is 5.92 Å². The van der Waals surface area contributed by atoms with Gasteiger partial charge in [0.25, 0.3) is 0 Å². The van der Waals surface area contributed by atoms with Crippen molar-refractivity contribution in [3.8, 4) is 5.69 Å². The van der Waals surface area contributed by atoms with Crippen LogP contribution >= 0.6 is 11.6 Å². The first-order chi connectivity index (χ1) is 12.7. The average Bonchev–Trinajstić information content (AvgIpc) is 3.08. The first kappa shape index (κ1) is 17.5. The number of hydrogen-bond donors (Lipinski definition) is 2. The highest BCUT2D eigenvalue weighted by Gasteiger charge is 2.26. The van der Waals surface area contributed by atoms with Gasteiger partial charge >= 0.3 is 0 Å². The van der Waals surface area contributed by atoms with E-state index in [1.165, 1.54) is 10.9 Å². The van der Waals surface area contributed by atoms with E-state index in [1.54, 1.807) is 0 Å². The molecule has 5 nitrogen and oxygen atoms in total. The van der Waals surface area contributed by atoms with Gasteiger partial charge in [-0.3, -0.25) is 9.88 Å². The molecule has 26 heavy (non-hydrogen) atoms. The standard InChI is InChI=1S/C20H23ClN4O/c21-15-1-3-16(4-2-15)25-13-18(17-5-8-23-12-19(17)25)14-6-9-24(10-7-14)20(26)11-22/h1-5,8,12-14,20,26H,6-7,9-11,22H2. The van der Waals surface area contributed by atoms with Crippen molar-refractivity contribution < 1.29 is 5.11 Å². The van der Waals surface area contributed by atoms with Gasteiger partial charge in [-0.25, -0.2) is 0 Å². The highest BCUT2D eigenvalue weighted by molar-refractivity contribution is 6.30. The molecule has 2 aromatic heterocycles. The zero-order chi connectivity index (χ0) is 18.1. The molecule has 1 aliphatic rings. The van der Waals surface area contributed by atoms with Gasteiger partial charge in [0.05, 0.1) is 11.7 Å². The Kier molecular flexibility index (Phi) is 4.96. The molecule has 0 aliphatic carbocycles. The van der Waals surface area contributed by atoms with Gasteiger partial charge < -0.3 is 15.4 Å². The second-order valence-corrected chi connectivity index (χ2v) is 7.29. The van der Waals surface area contributed by atoms with Crippen molar-refractivity contribution in [3.63, 3.8) is 0 Å². The number of benzene rings is 1. The fraction of sp³-hybridized carbons (Fsp3) is 0.350. The number of aromatic nitrogens is 2. The summed E-state index contributed by atoms with van der Waals surface area (Å²) in [5.41, 5.74) is 9.12. The van der Waals surface area contributed by atoms with Crippen LogP contribution in [0.1, 0.15) is 24.3 Å². The molecule has 1 atom stereocenters. The summed E-state index contributed by atoms with van der Waals surface area (Å²) in [5.74, 6) is 0.467. The Bertz CT molecular complexity index is 884. The molecule has 1 fully saturated rings. The van der Waals surface area contributed by atoms with Gasteiger partial charge in [0.15, 0.2) is 0 Å². The smallest absolute Gasteiger partial charge is 0.119 e. The molecular formula is C20H23ClN4O. The van der Waals surface area contributed by atoms with Crippen molar-refractivity contribution in [2.75, 3.05) is 19.6 Å². The molecule has 6 heteroatoms. The van der Waals surface area contributed by atoms with Crippen LogP contribution in [0.3, 0.4) is 0 Å². The monoisotopic (exact) mass is 370 g/mol. The molecule has 0 saturated carbocycles. The van der Waals surface area contributed by atoms with E-state index in [2.05, 4.69) is 26.7 Å². The Morgan fingerprint density at radius 1 is 1.19 bits per heavy atom. The van der Waals surface area contributed by atoms with Crippen LogP contribution in [-0.4, -0.2) is 45.4 Å². The lowest BCUT2D eigenvalue weighted by molar-refractivity contribution is -0.00395. The number of nitrogens with zero attached hydrogens (tertiary/aromatic N) is 3. The van der Waals surface area contributed by atoms with Gasteiger partial charge in [0, 0.05) is 48.1 Å². The Hall–Kier alpha value is -1.92. The number of rotatable bonds is 4. The maximum atomic E-state index is 9.96. The summed E-state index contributed by atoms with van der Waals surface area (Å²) >= 11 is 6.04. The van der Waals surface area contributed by atoms with Crippen molar-refractivity contribution in [2.45, 2.75) is 25.0 Å². The van der Waals surface area contributed by atoms with Crippen molar-refractivity contribution in [1.82, 2.24) is 14.5 Å². The molecule has 0 radical (unpaired) electrons. The minimum Gasteiger partial charge on any atom is -0.377 e. The molecule has 3 aromatic rings. The quantitative estimate of drug-likeness (QED) is 0.740. The number of piperidine rings is 1. The number of nitrogens with two attached hydrogens (primary N) is 1. The predicted octanol–water partition coefficient (Wildman–Crippen LogP) is 3.14. The summed E-state index contributed by atoms with van der Waals surface area (Å²) in [5, 5.41) is 11.9. The van der Waals surface area contributed by atoms with E-state index in [0.717, 1.165) is 42.2 Å². The second kappa shape index (κ2) is 7.37. The highest BCUT2D eigenvalue weighted by atomic mass is 35.5. The van der Waals surface area contributed by atoms with Gasteiger partial charge in [-0.05, 0) is 54.7 Å². The van der Waals surface area contributed by atoms with Crippen molar-refractivity contribution in [1.29, 1.82) is 0 Å². The summed E-state index contributed by atoms with van der Waals surface area (Å²) in [6.45, 7) is 2.01. The fourth-order valence-corrected chi connectivity index (χ4v) is 4.02. The third-order valence-electron chi connectivity index (χ3n) is 5.35. The molecular weight excluding hydrogens is 348 g/mol. The largest absolute Gasteiger partial charge is 0.377 e. The number of pyridine rings is 1. The van der Waals surface area contributed by atoms with E-state index in [9.17, 15) is 5.11 Å². The Morgan fingerprint density at radius 2 is 1.92 bits per heavy atom. The molecule has 0 amide bonds. The summed E-state index contributed by atoms with van der Waals surface area (Å²) in [6, 6.07) is 9.96. The molecule has 3 heterocycles. The number of aliphatic hydroxyl groups excluding tert-OH is 1. The van der Waals surface area contributed by atoms with Crippen LogP contribution in [0.15, 0.2) is 48.9 Å². The predicted molar refractivity (Wildman–Crippen MR) is 105 cm³/mol. The van der Waals surface area contributed by atoms with E-state index >= 15 is 0 Å². The van der Waals surface area contributed by atoms with Crippen molar-refractivity contribution >= 4 is 22.5 Å². The van der Waals surface area contributed by atoms with E-state index in [-0.39, 0.29) is 6.54 Å². The lowest BCUT2D eigenvalue weighted by atomic mass is 9.89. The van der Waals surface area contributed by atoms with Gasteiger partial charge in [-0.15, -0.1) is 0 Å². The highest BCUT2D eigenvalue weighted by Crippen LogP contribution is 2.35. The summed E-state index contributed by atoms with van der Waals surface area (Å²) < 4.78 is 2.19. The third kappa shape index (κ3) is 3.23. The van der Waals surface area contributed by atoms with Gasteiger partial charge in [-0.1, -0.05) is 11.6 Å². The lowest BCUT2D eigenvalue weighted by Gasteiger charge is -2.34. The first-order valence-corrected chi connectivity index (χ1v) is 9.38. The molecule has 1 unspecified atom stereocenters. The molecule has 4 rings (SSSR count). The first-order valence-electron chi connectivity index (χ1n) is 9.00. The minimum atomic E-state index is -0.532.